The van der Waals surface area contributed by atoms with Crippen LogP contribution in [0.4, 0.5) is 0 Å². The van der Waals surface area contributed by atoms with Crippen LogP contribution in [0.3, 0.4) is 0 Å². The smallest absolute Gasteiger partial charge is 0.0651 e. The second-order valence-corrected chi connectivity index (χ2v) is 14.7. The Labute approximate surface area is 228 Å². The van der Waals surface area contributed by atoms with Gasteiger partial charge in [0.15, 0.2) is 0 Å². The summed E-state index contributed by atoms with van der Waals surface area (Å²) < 4.78 is 12.2. The third kappa shape index (κ3) is 5.74. The first-order chi connectivity index (χ1) is 17.4. The van der Waals surface area contributed by atoms with Gasteiger partial charge in [-0.05, 0) is 112 Å². The van der Waals surface area contributed by atoms with Gasteiger partial charge in [-0.1, -0.05) is 53.2 Å². The van der Waals surface area contributed by atoms with Gasteiger partial charge < -0.3 is 20.3 Å². The Balaban J connectivity index is 1.53. The summed E-state index contributed by atoms with van der Waals surface area (Å²) in [6.45, 7) is 18.5. The fourth-order valence-electron chi connectivity index (χ4n) is 9.38. The molecule has 214 valence electrons. The van der Waals surface area contributed by atoms with Crippen LogP contribution in [0.2, 0.25) is 0 Å². The summed E-state index contributed by atoms with van der Waals surface area (Å²) in [4.78, 5) is 0. The normalized spacial score (nSPS) is 40.3. The molecule has 0 aromatic carbocycles. The number of hydrogen-bond donors (Lipinski definition) is 2. The zero-order chi connectivity index (χ0) is 27.0. The molecular weight excluding hydrogens is 458 g/mol. The van der Waals surface area contributed by atoms with E-state index in [1.54, 1.807) is 5.57 Å². The highest BCUT2D eigenvalue weighted by molar-refractivity contribution is 5.29. The van der Waals surface area contributed by atoms with Crippen molar-refractivity contribution in [2.45, 2.75) is 130 Å². The first-order valence-electron chi connectivity index (χ1n) is 15.8. The number of rotatable bonds is 9. The predicted molar refractivity (Wildman–Crippen MR) is 153 cm³/mol. The van der Waals surface area contributed by atoms with Crippen LogP contribution in [0.15, 0.2) is 11.6 Å². The molecule has 3 N–H and O–H groups in total. The molecule has 0 bridgehead atoms. The van der Waals surface area contributed by atoms with Gasteiger partial charge in [-0.25, -0.2) is 0 Å². The zero-order valence-corrected chi connectivity index (χ0v) is 25.2. The maximum absolute atomic E-state index is 11.4. The largest absolute Gasteiger partial charge is 0.393 e. The van der Waals surface area contributed by atoms with E-state index in [0.29, 0.717) is 29.8 Å². The lowest BCUT2D eigenvalue weighted by Gasteiger charge is -2.61. The van der Waals surface area contributed by atoms with Gasteiger partial charge in [-0.3, -0.25) is 0 Å². The first-order valence-corrected chi connectivity index (χ1v) is 15.8. The van der Waals surface area contributed by atoms with Crippen molar-refractivity contribution in [3.63, 3.8) is 0 Å². The first kappa shape index (κ1) is 29.6. The molecule has 9 atom stereocenters. The second-order valence-electron chi connectivity index (χ2n) is 14.7. The van der Waals surface area contributed by atoms with Crippen LogP contribution < -0.4 is 5.73 Å². The number of ether oxygens (including phenoxy) is 2. The molecule has 1 heterocycles. The van der Waals surface area contributed by atoms with Gasteiger partial charge in [-0.2, -0.15) is 0 Å². The molecule has 1 saturated heterocycles. The Morgan fingerprint density at radius 2 is 1.78 bits per heavy atom. The third-order valence-electron chi connectivity index (χ3n) is 12.0. The minimum absolute atomic E-state index is 0.168. The topological polar surface area (TPSA) is 64.7 Å². The molecule has 3 fully saturated rings. The molecule has 0 radical (unpaired) electrons. The van der Waals surface area contributed by atoms with E-state index in [1.807, 2.05) is 0 Å². The van der Waals surface area contributed by atoms with Crippen LogP contribution in [0, 0.1) is 46.3 Å². The van der Waals surface area contributed by atoms with E-state index >= 15 is 0 Å². The van der Waals surface area contributed by atoms with Gasteiger partial charge in [0.2, 0.25) is 0 Å². The molecule has 4 aliphatic rings. The number of nitrogens with two attached hydrogens (primary N) is 1. The van der Waals surface area contributed by atoms with Gasteiger partial charge in [0.1, 0.15) is 0 Å². The SMILES string of the molecule is CCC(OCC1(N)CCOCC1)C(C)C1CCC2C(=CCC3CC(CC(C)C)CCC32C)C1(C)C(C)O. The molecule has 4 rings (SSSR count). The highest BCUT2D eigenvalue weighted by Crippen LogP contribution is 2.64. The maximum Gasteiger partial charge on any atom is 0.0651 e. The van der Waals surface area contributed by atoms with Crippen LogP contribution in [-0.2, 0) is 9.47 Å². The monoisotopic (exact) mass is 517 g/mol. The Kier molecular flexibility index (Phi) is 9.26. The molecule has 9 unspecified atom stereocenters. The lowest BCUT2D eigenvalue weighted by atomic mass is 9.44. The molecule has 0 amide bonds. The Morgan fingerprint density at radius 1 is 1.08 bits per heavy atom. The van der Waals surface area contributed by atoms with E-state index in [0.717, 1.165) is 50.2 Å². The molecule has 0 spiro atoms. The van der Waals surface area contributed by atoms with Crippen molar-refractivity contribution in [2.75, 3.05) is 19.8 Å². The molecule has 3 aliphatic carbocycles. The van der Waals surface area contributed by atoms with E-state index in [9.17, 15) is 5.11 Å². The molecule has 37 heavy (non-hydrogen) atoms. The fourth-order valence-corrected chi connectivity index (χ4v) is 9.38. The number of aliphatic hydroxyl groups excluding tert-OH is 1. The van der Waals surface area contributed by atoms with Crippen molar-refractivity contribution in [1.29, 1.82) is 0 Å². The van der Waals surface area contributed by atoms with Crippen LogP contribution in [0.25, 0.3) is 0 Å². The van der Waals surface area contributed by atoms with E-state index in [4.69, 9.17) is 15.2 Å². The molecular formula is C33H59NO3. The average molecular weight is 518 g/mol. The van der Waals surface area contributed by atoms with E-state index < -0.39 is 0 Å². The standard InChI is InChI=1S/C33H59NO3/c1-8-30(37-21-33(34)15-17-36-18-16-33)23(4)27-11-12-28-29(32(27,7)24(5)35)10-9-26-20-25(19-22(2)3)13-14-31(26,28)6/h10,22-28,30,35H,8-9,11-21,34H2,1-7H3. The van der Waals surface area contributed by atoms with Crippen molar-refractivity contribution in [1.82, 2.24) is 0 Å². The second kappa shape index (κ2) is 11.6. The Hall–Kier alpha value is -0.420. The highest BCUT2D eigenvalue weighted by atomic mass is 16.5. The van der Waals surface area contributed by atoms with Crippen LogP contribution >= 0.6 is 0 Å². The van der Waals surface area contributed by atoms with Gasteiger partial charge in [0.05, 0.1) is 18.8 Å². The summed E-state index contributed by atoms with van der Waals surface area (Å²) >= 11 is 0. The summed E-state index contributed by atoms with van der Waals surface area (Å²) in [7, 11) is 0. The highest BCUT2D eigenvalue weighted by Gasteiger charge is 2.57. The van der Waals surface area contributed by atoms with Crippen LogP contribution in [-0.4, -0.2) is 42.7 Å². The lowest BCUT2D eigenvalue weighted by Crippen LogP contribution is -2.55. The number of allylic oxidation sites excluding steroid dienone is 1. The van der Waals surface area contributed by atoms with Crippen LogP contribution in [0.1, 0.15) is 113 Å². The average Bonchev–Trinajstić information content (AvgIpc) is 2.84. The lowest BCUT2D eigenvalue weighted by molar-refractivity contribution is -0.101. The van der Waals surface area contributed by atoms with Crippen LogP contribution in [0.5, 0.6) is 0 Å². The van der Waals surface area contributed by atoms with E-state index in [-0.39, 0.29) is 23.2 Å². The molecule has 4 nitrogen and oxygen atoms in total. The van der Waals surface area contributed by atoms with Gasteiger partial charge in [0.25, 0.3) is 0 Å². The minimum Gasteiger partial charge on any atom is -0.393 e. The fraction of sp³-hybridized carbons (Fsp3) is 0.939. The van der Waals surface area contributed by atoms with E-state index in [2.05, 4.69) is 54.5 Å². The number of fused-ring (bicyclic) bond motifs is 3. The minimum atomic E-state index is -0.361. The van der Waals surface area contributed by atoms with E-state index in [1.165, 1.54) is 44.9 Å². The van der Waals surface area contributed by atoms with Crippen molar-refractivity contribution < 1.29 is 14.6 Å². The Morgan fingerprint density at radius 3 is 2.41 bits per heavy atom. The summed E-state index contributed by atoms with van der Waals surface area (Å²) in [6, 6.07) is 0. The third-order valence-corrected chi connectivity index (χ3v) is 12.0. The van der Waals surface area contributed by atoms with Crippen molar-refractivity contribution in [2.24, 2.45) is 52.1 Å². The van der Waals surface area contributed by atoms with Crippen molar-refractivity contribution in [3.8, 4) is 0 Å². The molecule has 2 saturated carbocycles. The van der Waals surface area contributed by atoms with Gasteiger partial charge in [0, 0.05) is 24.2 Å². The maximum atomic E-state index is 11.4. The van der Waals surface area contributed by atoms with Crippen molar-refractivity contribution >= 4 is 0 Å². The number of aliphatic hydroxyl groups is 1. The summed E-state index contributed by atoms with van der Waals surface area (Å²) in [5, 5.41) is 11.4. The summed E-state index contributed by atoms with van der Waals surface area (Å²) in [5.41, 5.74) is 8.20. The van der Waals surface area contributed by atoms with Crippen molar-refractivity contribution in [3.05, 3.63) is 11.6 Å². The summed E-state index contributed by atoms with van der Waals surface area (Å²) in [6.07, 6.45) is 14.3. The van der Waals surface area contributed by atoms with Gasteiger partial charge >= 0.3 is 0 Å². The molecule has 1 aliphatic heterocycles. The predicted octanol–water partition coefficient (Wildman–Crippen LogP) is 7.14. The Bertz CT molecular complexity index is 786. The molecule has 0 aromatic heterocycles. The quantitative estimate of drug-likeness (QED) is 0.319. The van der Waals surface area contributed by atoms with Gasteiger partial charge in [-0.15, -0.1) is 0 Å². The number of hydrogen-bond acceptors (Lipinski definition) is 4. The summed E-state index contributed by atoms with van der Waals surface area (Å²) in [5.74, 6) is 3.91. The molecule has 4 heteroatoms. The molecule has 0 aromatic rings. The zero-order valence-electron chi connectivity index (χ0n) is 25.2.